The highest BCUT2D eigenvalue weighted by Gasteiger charge is 2.11. The van der Waals surface area contributed by atoms with Crippen LogP contribution in [0, 0.1) is 12.7 Å². The van der Waals surface area contributed by atoms with Gasteiger partial charge in [-0.3, -0.25) is 0 Å². The van der Waals surface area contributed by atoms with Gasteiger partial charge in [-0.2, -0.15) is 0 Å². The molecule has 0 spiro atoms. The van der Waals surface area contributed by atoms with E-state index in [1.165, 1.54) is 12.1 Å². The maximum Gasteiger partial charge on any atom is 0.161 e. The van der Waals surface area contributed by atoms with E-state index in [0.717, 1.165) is 28.3 Å². The minimum absolute atomic E-state index is 0.227. The van der Waals surface area contributed by atoms with Gasteiger partial charge in [0.15, 0.2) is 11.5 Å². The summed E-state index contributed by atoms with van der Waals surface area (Å²) in [5.74, 6) is 1.32. The molecule has 0 saturated heterocycles. The molecule has 1 aliphatic heterocycles. The molecule has 1 aliphatic rings. The Bertz CT molecular complexity index is 608. The van der Waals surface area contributed by atoms with Gasteiger partial charge in [-0.1, -0.05) is 6.07 Å². The molecule has 0 amide bonds. The second-order valence-corrected chi connectivity index (χ2v) is 4.85. The first kappa shape index (κ1) is 12.8. The van der Waals surface area contributed by atoms with Gasteiger partial charge in [0.25, 0.3) is 0 Å². The normalized spacial score (nSPS) is 13.1. The minimum Gasteiger partial charge on any atom is -0.486 e. The Morgan fingerprint density at radius 1 is 1.05 bits per heavy atom. The number of ether oxygens (including phenoxy) is 2. The van der Waals surface area contributed by atoms with Crippen LogP contribution < -0.4 is 14.8 Å². The highest BCUT2D eigenvalue weighted by Crippen LogP contribution is 2.31. The monoisotopic (exact) mass is 273 g/mol. The SMILES string of the molecule is Cc1cc(F)cc(NCc2ccc3c(c2)OCCO3)c1. The highest BCUT2D eigenvalue weighted by molar-refractivity contribution is 5.48. The Morgan fingerprint density at radius 3 is 2.65 bits per heavy atom. The van der Waals surface area contributed by atoms with Crippen molar-refractivity contribution in [3.8, 4) is 11.5 Å². The van der Waals surface area contributed by atoms with Crippen molar-refractivity contribution in [2.75, 3.05) is 18.5 Å². The minimum atomic E-state index is -0.227. The van der Waals surface area contributed by atoms with Gasteiger partial charge in [0, 0.05) is 12.2 Å². The molecular formula is C16H16FNO2. The van der Waals surface area contributed by atoms with E-state index in [-0.39, 0.29) is 5.82 Å². The molecule has 0 saturated carbocycles. The Labute approximate surface area is 117 Å². The van der Waals surface area contributed by atoms with Crippen molar-refractivity contribution in [2.45, 2.75) is 13.5 Å². The summed E-state index contributed by atoms with van der Waals surface area (Å²) >= 11 is 0. The van der Waals surface area contributed by atoms with E-state index in [2.05, 4.69) is 5.32 Å². The van der Waals surface area contributed by atoms with Crippen molar-refractivity contribution in [1.29, 1.82) is 0 Å². The van der Waals surface area contributed by atoms with Gasteiger partial charge in [-0.05, 0) is 48.4 Å². The number of fused-ring (bicyclic) bond motifs is 1. The van der Waals surface area contributed by atoms with E-state index in [1.54, 1.807) is 0 Å². The van der Waals surface area contributed by atoms with Crippen molar-refractivity contribution in [3.05, 3.63) is 53.3 Å². The number of hydrogen-bond donors (Lipinski definition) is 1. The van der Waals surface area contributed by atoms with Gasteiger partial charge in [0.2, 0.25) is 0 Å². The third-order valence-corrected chi connectivity index (χ3v) is 3.15. The number of hydrogen-bond acceptors (Lipinski definition) is 3. The first-order valence-electron chi connectivity index (χ1n) is 6.60. The van der Waals surface area contributed by atoms with Crippen LogP contribution in [0.25, 0.3) is 0 Å². The van der Waals surface area contributed by atoms with Crippen molar-refractivity contribution in [2.24, 2.45) is 0 Å². The van der Waals surface area contributed by atoms with Crippen molar-refractivity contribution >= 4 is 5.69 Å². The maximum atomic E-state index is 13.3. The van der Waals surface area contributed by atoms with Crippen LogP contribution in [-0.4, -0.2) is 13.2 Å². The van der Waals surface area contributed by atoms with Crippen LogP contribution in [0.4, 0.5) is 10.1 Å². The number of benzene rings is 2. The van der Waals surface area contributed by atoms with Crippen LogP contribution in [0.1, 0.15) is 11.1 Å². The molecule has 0 aromatic heterocycles. The number of rotatable bonds is 3. The molecule has 0 bridgehead atoms. The number of halogens is 1. The fourth-order valence-corrected chi connectivity index (χ4v) is 2.24. The van der Waals surface area contributed by atoms with Crippen LogP contribution in [0.3, 0.4) is 0 Å². The molecule has 0 aliphatic carbocycles. The van der Waals surface area contributed by atoms with Crippen molar-refractivity contribution in [1.82, 2.24) is 0 Å². The van der Waals surface area contributed by atoms with Crippen molar-refractivity contribution < 1.29 is 13.9 Å². The molecule has 2 aromatic carbocycles. The average Bonchev–Trinajstić information content (AvgIpc) is 2.44. The zero-order chi connectivity index (χ0) is 13.9. The summed E-state index contributed by atoms with van der Waals surface area (Å²) in [6, 6.07) is 10.8. The maximum absolute atomic E-state index is 13.3. The zero-order valence-electron chi connectivity index (χ0n) is 11.3. The van der Waals surface area contributed by atoms with E-state index in [9.17, 15) is 4.39 Å². The standard InChI is InChI=1S/C16H16FNO2/c1-11-6-13(17)9-14(7-11)18-10-12-2-3-15-16(8-12)20-5-4-19-15/h2-3,6-9,18H,4-5,10H2,1H3. The second-order valence-electron chi connectivity index (χ2n) is 4.85. The third kappa shape index (κ3) is 2.85. The average molecular weight is 273 g/mol. The largest absolute Gasteiger partial charge is 0.486 e. The topological polar surface area (TPSA) is 30.5 Å². The van der Waals surface area contributed by atoms with Gasteiger partial charge < -0.3 is 14.8 Å². The quantitative estimate of drug-likeness (QED) is 0.928. The van der Waals surface area contributed by atoms with E-state index < -0.39 is 0 Å². The number of anilines is 1. The van der Waals surface area contributed by atoms with Gasteiger partial charge in [0.1, 0.15) is 19.0 Å². The van der Waals surface area contributed by atoms with Crippen LogP contribution in [0.15, 0.2) is 36.4 Å². The first-order valence-corrected chi connectivity index (χ1v) is 6.60. The van der Waals surface area contributed by atoms with Gasteiger partial charge in [0.05, 0.1) is 0 Å². The van der Waals surface area contributed by atoms with Gasteiger partial charge in [-0.15, -0.1) is 0 Å². The van der Waals surface area contributed by atoms with Crippen LogP contribution in [0.5, 0.6) is 11.5 Å². The predicted molar refractivity (Wildman–Crippen MR) is 75.9 cm³/mol. The molecule has 0 fully saturated rings. The van der Waals surface area contributed by atoms with E-state index in [1.807, 2.05) is 31.2 Å². The summed E-state index contributed by atoms with van der Waals surface area (Å²) in [7, 11) is 0. The number of nitrogens with one attached hydrogen (secondary N) is 1. The number of aryl methyl sites for hydroxylation is 1. The molecule has 104 valence electrons. The summed E-state index contributed by atoms with van der Waals surface area (Å²) in [4.78, 5) is 0. The Morgan fingerprint density at radius 2 is 1.85 bits per heavy atom. The lowest BCUT2D eigenvalue weighted by Gasteiger charge is -2.19. The lowest BCUT2D eigenvalue weighted by atomic mass is 10.1. The molecule has 0 atom stereocenters. The third-order valence-electron chi connectivity index (χ3n) is 3.15. The Hall–Kier alpha value is -2.23. The molecule has 2 aromatic rings. The molecule has 3 nitrogen and oxygen atoms in total. The first-order chi connectivity index (χ1) is 9.70. The molecule has 20 heavy (non-hydrogen) atoms. The van der Waals surface area contributed by atoms with E-state index >= 15 is 0 Å². The zero-order valence-corrected chi connectivity index (χ0v) is 11.3. The lowest BCUT2D eigenvalue weighted by molar-refractivity contribution is 0.171. The molecule has 4 heteroatoms. The molecule has 1 N–H and O–H groups in total. The highest BCUT2D eigenvalue weighted by atomic mass is 19.1. The molecule has 3 rings (SSSR count). The summed E-state index contributed by atoms with van der Waals surface area (Å²) in [6.07, 6.45) is 0. The van der Waals surface area contributed by atoms with Gasteiger partial charge in [-0.25, -0.2) is 4.39 Å². The predicted octanol–water partition coefficient (Wildman–Crippen LogP) is 3.52. The van der Waals surface area contributed by atoms with Crippen LogP contribution in [-0.2, 0) is 6.54 Å². The lowest BCUT2D eigenvalue weighted by Crippen LogP contribution is -2.15. The fraction of sp³-hybridized carbons (Fsp3) is 0.250. The summed E-state index contributed by atoms with van der Waals surface area (Å²) in [5, 5.41) is 3.21. The fourth-order valence-electron chi connectivity index (χ4n) is 2.24. The molecule has 1 heterocycles. The smallest absolute Gasteiger partial charge is 0.161 e. The summed E-state index contributed by atoms with van der Waals surface area (Å²) < 4.78 is 24.3. The Kier molecular flexibility index (Phi) is 3.46. The summed E-state index contributed by atoms with van der Waals surface area (Å²) in [6.45, 7) is 3.65. The second kappa shape index (κ2) is 5.41. The molecule has 0 unspecified atom stereocenters. The van der Waals surface area contributed by atoms with E-state index in [4.69, 9.17) is 9.47 Å². The summed E-state index contributed by atoms with van der Waals surface area (Å²) in [5.41, 5.74) is 2.74. The van der Waals surface area contributed by atoms with Crippen LogP contribution in [0.2, 0.25) is 0 Å². The van der Waals surface area contributed by atoms with E-state index in [0.29, 0.717) is 19.8 Å². The molecular weight excluding hydrogens is 257 g/mol. The van der Waals surface area contributed by atoms with Crippen LogP contribution >= 0.6 is 0 Å². The Balaban J connectivity index is 1.71. The van der Waals surface area contributed by atoms with Crippen molar-refractivity contribution in [3.63, 3.8) is 0 Å². The van der Waals surface area contributed by atoms with Gasteiger partial charge >= 0.3 is 0 Å². The molecule has 0 radical (unpaired) electrons.